The average Bonchev–Trinajstić information content (AvgIpc) is 2.89. The van der Waals surface area contributed by atoms with Gasteiger partial charge in [0.2, 0.25) is 5.91 Å². The predicted octanol–water partition coefficient (Wildman–Crippen LogP) is 2.32. The standard InChI is InChI=1S/C16H22N4O/c1-4-14(16-12(2)6-5-10-17-16)19-15(21)8-7-13-9-11-18-20(13)3/h5-6,9-11,14H,4,7-8H2,1-3H3,(H,19,21)/t14-/m0/s1. The molecule has 1 N–H and O–H groups in total. The zero-order valence-electron chi connectivity index (χ0n) is 12.8. The molecule has 0 fully saturated rings. The molecule has 0 spiro atoms. The first-order valence-corrected chi connectivity index (χ1v) is 7.29. The smallest absolute Gasteiger partial charge is 0.220 e. The summed E-state index contributed by atoms with van der Waals surface area (Å²) in [5, 5.41) is 7.18. The van der Waals surface area contributed by atoms with Crippen LogP contribution in [0.1, 0.15) is 42.8 Å². The number of amides is 1. The van der Waals surface area contributed by atoms with Crippen LogP contribution >= 0.6 is 0 Å². The molecule has 0 aliphatic carbocycles. The van der Waals surface area contributed by atoms with Crippen LogP contribution in [-0.2, 0) is 18.3 Å². The zero-order valence-corrected chi connectivity index (χ0v) is 12.8. The maximum atomic E-state index is 12.1. The third kappa shape index (κ3) is 3.90. The highest BCUT2D eigenvalue weighted by atomic mass is 16.1. The first kappa shape index (κ1) is 15.2. The summed E-state index contributed by atoms with van der Waals surface area (Å²) in [6.45, 7) is 4.08. The van der Waals surface area contributed by atoms with Crippen LogP contribution in [0, 0.1) is 6.92 Å². The van der Waals surface area contributed by atoms with Gasteiger partial charge in [-0.25, -0.2) is 0 Å². The number of carbonyl (C=O) groups is 1. The summed E-state index contributed by atoms with van der Waals surface area (Å²) in [7, 11) is 1.89. The Morgan fingerprint density at radius 3 is 2.81 bits per heavy atom. The number of nitrogens with zero attached hydrogens (tertiary/aromatic N) is 3. The minimum atomic E-state index is -0.0229. The number of aromatic nitrogens is 3. The number of hydrogen-bond acceptors (Lipinski definition) is 3. The van der Waals surface area contributed by atoms with Gasteiger partial charge < -0.3 is 5.32 Å². The minimum Gasteiger partial charge on any atom is -0.348 e. The van der Waals surface area contributed by atoms with Crippen molar-refractivity contribution >= 4 is 5.91 Å². The second-order valence-corrected chi connectivity index (χ2v) is 5.18. The van der Waals surface area contributed by atoms with Gasteiger partial charge in [-0.1, -0.05) is 13.0 Å². The van der Waals surface area contributed by atoms with Crippen LogP contribution < -0.4 is 5.32 Å². The molecule has 2 rings (SSSR count). The molecule has 0 saturated heterocycles. The highest BCUT2D eigenvalue weighted by Crippen LogP contribution is 2.17. The number of rotatable bonds is 6. The summed E-state index contributed by atoms with van der Waals surface area (Å²) < 4.78 is 1.80. The van der Waals surface area contributed by atoms with Crippen molar-refractivity contribution < 1.29 is 4.79 Å². The number of hydrogen-bond donors (Lipinski definition) is 1. The van der Waals surface area contributed by atoms with Gasteiger partial charge in [-0.15, -0.1) is 0 Å². The normalized spacial score (nSPS) is 12.1. The second-order valence-electron chi connectivity index (χ2n) is 5.18. The van der Waals surface area contributed by atoms with Gasteiger partial charge in [-0.2, -0.15) is 5.10 Å². The summed E-state index contributed by atoms with van der Waals surface area (Å²) in [6, 6.07) is 5.85. The first-order valence-electron chi connectivity index (χ1n) is 7.29. The van der Waals surface area contributed by atoms with Crippen molar-refractivity contribution in [2.24, 2.45) is 7.05 Å². The molecule has 0 saturated carbocycles. The van der Waals surface area contributed by atoms with E-state index in [1.165, 1.54) is 0 Å². The Morgan fingerprint density at radius 1 is 1.38 bits per heavy atom. The van der Waals surface area contributed by atoms with Crippen LogP contribution in [0.25, 0.3) is 0 Å². The van der Waals surface area contributed by atoms with E-state index in [9.17, 15) is 4.79 Å². The van der Waals surface area contributed by atoms with Crippen LogP contribution in [-0.4, -0.2) is 20.7 Å². The molecule has 1 atom stereocenters. The Bertz CT molecular complexity index is 606. The highest BCUT2D eigenvalue weighted by Gasteiger charge is 2.16. The monoisotopic (exact) mass is 286 g/mol. The molecule has 2 aromatic heterocycles. The van der Waals surface area contributed by atoms with E-state index in [0.29, 0.717) is 12.8 Å². The zero-order chi connectivity index (χ0) is 15.2. The van der Waals surface area contributed by atoms with Gasteiger partial charge in [-0.3, -0.25) is 14.5 Å². The molecule has 5 heteroatoms. The third-order valence-corrected chi connectivity index (χ3v) is 3.65. The highest BCUT2D eigenvalue weighted by molar-refractivity contribution is 5.76. The Hall–Kier alpha value is -2.17. The molecule has 0 unspecified atom stereocenters. The number of nitrogens with one attached hydrogen (secondary N) is 1. The Labute approximate surface area is 125 Å². The van der Waals surface area contributed by atoms with Gasteiger partial charge in [0.1, 0.15) is 0 Å². The molecule has 0 aromatic carbocycles. The summed E-state index contributed by atoms with van der Waals surface area (Å²) >= 11 is 0. The van der Waals surface area contributed by atoms with Gasteiger partial charge in [0.05, 0.1) is 11.7 Å². The maximum Gasteiger partial charge on any atom is 0.220 e. The van der Waals surface area contributed by atoms with E-state index in [1.54, 1.807) is 17.1 Å². The van der Waals surface area contributed by atoms with E-state index in [1.807, 2.05) is 32.2 Å². The fourth-order valence-electron chi connectivity index (χ4n) is 2.38. The second kappa shape index (κ2) is 7.02. The van der Waals surface area contributed by atoms with E-state index >= 15 is 0 Å². The van der Waals surface area contributed by atoms with Crippen molar-refractivity contribution in [1.29, 1.82) is 0 Å². The van der Waals surface area contributed by atoms with Gasteiger partial charge in [-0.05, 0) is 37.5 Å². The van der Waals surface area contributed by atoms with Crippen molar-refractivity contribution in [2.45, 2.75) is 39.2 Å². The number of pyridine rings is 1. The Balaban J connectivity index is 1.94. The van der Waals surface area contributed by atoms with E-state index < -0.39 is 0 Å². The average molecular weight is 286 g/mol. The predicted molar refractivity (Wildman–Crippen MR) is 81.7 cm³/mol. The minimum absolute atomic E-state index is 0.0229. The van der Waals surface area contributed by atoms with Crippen LogP contribution in [0.3, 0.4) is 0 Å². The molecular formula is C16H22N4O. The van der Waals surface area contributed by atoms with Crippen molar-refractivity contribution in [1.82, 2.24) is 20.1 Å². The lowest BCUT2D eigenvalue weighted by Crippen LogP contribution is -2.29. The largest absolute Gasteiger partial charge is 0.348 e. The summed E-state index contributed by atoms with van der Waals surface area (Å²) in [5.74, 6) is 0.0492. The lowest BCUT2D eigenvalue weighted by molar-refractivity contribution is -0.121. The Kier molecular flexibility index (Phi) is 5.09. The SMILES string of the molecule is CC[C@H](NC(=O)CCc1ccnn1C)c1ncccc1C. The van der Waals surface area contributed by atoms with Gasteiger partial charge in [0, 0.05) is 31.6 Å². The van der Waals surface area contributed by atoms with Crippen LogP contribution in [0.5, 0.6) is 0 Å². The molecule has 0 radical (unpaired) electrons. The first-order chi connectivity index (χ1) is 10.1. The van der Waals surface area contributed by atoms with E-state index in [2.05, 4.69) is 22.3 Å². The van der Waals surface area contributed by atoms with Crippen molar-refractivity contribution in [3.8, 4) is 0 Å². The van der Waals surface area contributed by atoms with Crippen molar-refractivity contribution in [2.75, 3.05) is 0 Å². The molecule has 21 heavy (non-hydrogen) atoms. The summed E-state index contributed by atoms with van der Waals surface area (Å²) in [4.78, 5) is 16.5. The van der Waals surface area contributed by atoms with Gasteiger partial charge in [0.15, 0.2) is 0 Å². The molecule has 0 bridgehead atoms. The van der Waals surface area contributed by atoms with Gasteiger partial charge in [0.25, 0.3) is 0 Å². The van der Waals surface area contributed by atoms with E-state index in [-0.39, 0.29) is 11.9 Å². The fraction of sp³-hybridized carbons (Fsp3) is 0.438. The molecular weight excluding hydrogens is 264 g/mol. The lowest BCUT2D eigenvalue weighted by Gasteiger charge is -2.18. The fourth-order valence-corrected chi connectivity index (χ4v) is 2.38. The molecule has 0 aliphatic rings. The molecule has 2 aromatic rings. The summed E-state index contributed by atoms with van der Waals surface area (Å²) in [6.07, 6.45) is 5.50. The summed E-state index contributed by atoms with van der Waals surface area (Å²) in [5.41, 5.74) is 3.12. The number of carbonyl (C=O) groups excluding carboxylic acids is 1. The quantitative estimate of drug-likeness (QED) is 0.886. The maximum absolute atomic E-state index is 12.1. The topological polar surface area (TPSA) is 59.8 Å². The lowest BCUT2D eigenvalue weighted by atomic mass is 10.1. The molecule has 112 valence electrons. The Morgan fingerprint density at radius 2 is 2.19 bits per heavy atom. The van der Waals surface area contributed by atoms with Crippen molar-refractivity contribution in [3.63, 3.8) is 0 Å². The molecule has 1 amide bonds. The van der Waals surface area contributed by atoms with E-state index in [4.69, 9.17) is 0 Å². The van der Waals surface area contributed by atoms with Crippen LogP contribution in [0.2, 0.25) is 0 Å². The van der Waals surface area contributed by atoms with E-state index in [0.717, 1.165) is 23.4 Å². The molecule has 5 nitrogen and oxygen atoms in total. The molecule has 2 heterocycles. The van der Waals surface area contributed by atoms with Gasteiger partial charge >= 0.3 is 0 Å². The van der Waals surface area contributed by atoms with Crippen molar-refractivity contribution in [3.05, 3.63) is 47.5 Å². The molecule has 0 aliphatic heterocycles. The number of aryl methyl sites for hydroxylation is 3. The van der Waals surface area contributed by atoms with Crippen LogP contribution in [0.4, 0.5) is 0 Å². The van der Waals surface area contributed by atoms with Crippen LogP contribution in [0.15, 0.2) is 30.6 Å². The third-order valence-electron chi connectivity index (χ3n) is 3.65.